The Morgan fingerprint density at radius 1 is 1.12 bits per heavy atom. The lowest BCUT2D eigenvalue weighted by atomic mass is 9.77. The SMILES string of the molecule is C[C@H]1CC(C(=O)N[C@@H]2CCCc3ccccc32)N(C(=O)[C@@H](CC(=O)OC(C)(C)C)C(C)(C)C)C1. The molecule has 1 aromatic rings. The van der Waals surface area contributed by atoms with Gasteiger partial charge in [0.2, 0.25) is 11.8 Å². The number of rotatable bonds is 5. The van der Waals surface area contributed by atoms with Gasteiger partial charge in [-0.2, -0.15) is 0 Å². The van der Waals surface area contributed by atoms with E-state index in [1.807, 2.05) is 53.7 Å². The van der Waals surface area contributed by atoms with Crippen LogP contribution in [0.2, 0.25) is 0 Å². The summed E-state index contributed by atoms with van der Waals surface area (Å²) in [5.74, 6) is -0.942. The first-order valence-corrected chi connectivity index (χ1v) is 12.7. The van der Waals surface area contributed by atoms with Crippen LogP contribution in [-0.4, -0.2) is 40.9 Å². The highest BCUT2D eigenvalue weighted by Crippen LogP contribution is 2.36. The molecule has 1 saturated heterocycles. The molecular weight excluding hydrogens is 428 g/mol. The number of ether oxygens (including phenoxy) is 1. The van der Waals surface area contributed by atoms with E-state index in [1.54, 1.807) is 4.90 Å². The standard InChI is InChI=1S/C28H42N2O4/c1-18-15-23(25(32)29-22-14-10-12-19-11-8-9-13-20(19)22)30(17-18)26(33)21(27(2,3)4)16-24(31)34-28(5,6)7/h8-9,11,13,18,21-23H,10,12,14-17H2,1-7H3,(H,29,32)/t18-,21+,22+,23?/m0/s1. The van der Waals surface area contributed by atoms with Crippen molar-refractivity contribution in [2.24, 2.45) is 17.3 Å². The van der Waals surface area contributed by atoms with Crippen molar-refractivity contribution >= 4 is 17.8 Å². The lowest BCUT2D eigenvalue weighted by molar-refractivity contribution is -0.161. The zero-order valence-electron chi connectivity index (χ0n) is 21.9. The Morgan fingerprint density at radius 2 is 1.79 bits per heavy atom. The number of nitrogens with zero attached hydrogens (tertiary/aromatic N) is 1. The number of amides is 2. The van der Waals surface area contributed by atoms with Crippen LogP contribution in [0.1, 0.15) is 91.3 Å². The summed E-state index contributed by atoms with van der Waals surface area (Å²) in [6, 6.07) is 7.74. The van der Waals surface area contributed by atoms with Gasteiger partial charge in [0.1, 0.15) is 11.6 Å². The molecule has 188 valence electrons. The smallest absolute Gasteiger partial charge is 0.307 e. The number of benzene rings is 1. The summed E-state index contributed by atoms with van der Waals surface area (Å²) in [6.45, 7) is 14.0. The van der Waals surface area contributed by atoms with Crippen LogP contribution in [-0.2, 0) is 25.5 Å². The van der Waals surface area contributed by atoms with E-state index in [1.165, 1.54) is 11.1 Å². The van der Waals surface area contributed by atoms with E-state index in [0.29, 0.717) is 13.0 Å². The Balaban J connectivity index is 1.77. The summed E-state index contributed by atoms with van der Waals surface area (Å²) >= 11 is 0. The number of hydrogen-bond acceptors (Lipinski definition) is 4. The summed E-state index contributed by atoms with van der Waals surface area (Å²) in [7, 11) is 0. The maximum Gasteiger partial charge on any atom is 0.307 e. The molecule has 0 saturated carbocycles. The fourth-order valence-electron chi connectivity index (χ4n) is 5.22. The van der Waals surface area contributed by atoms with Crippen molar-refractivity contribution in [2.75, 3.05) is 6.54 Å². The molecule has 1 aliphatic carbocycles. The maximum absolute atomic E-state index is 13.8. The number of nitrogens with one attached hydrogen (secondary N) is 1. The van der Waals surface area contributed by atoms with Crippen molar-refractivity contribution in [3.63, 3.8) is 0 Å². The van der Waals surface area contributed by atoms with Crippen molar-refractivity contribution in [3.8, 4) is 0 Å². The molecule has 34 heavy (non-hydrogen) atoms. The molecule has 1 aliphatic heterocycles. The van der Waals surface area contributed by atoms with Gasteiger partial charge >= 0.3 is 5.97 Å². The van der Waals surface area contributed by atoms with Gasteiger partial charge in [-0.3, -0.25) is 14.4 Å². The molecule has 1 N–H and O–H groups in total. The molecule has 2 aliphatic rings. The average Bonchev–Trinajstić information content (AvgIpc) is 3.11. The lowest BCUT2D eigenvalue weighted by Crippen LogP contribution is -2.51. The Bertz CT molecular complexity index is 912. The molecule has 4 atom stereocenters. The van der Waals surface area contributed by atoms with Gasteiger partial charge in [0.15, 0.2) is 0 Å². The third-order valence-electron chi connectivity index (χ3n) is 6.92. The summed E-state index contributed by atoms with van der Waals surface area (Å²) in [4.78, 5) is 41.6. The van der Waals surface area contributed by atoms with Gasteiger partial charge in [0.25, 0.3) is 0 Å². The zero-order valence-corrected chi connectivity index (χ0v) is 21.9. The number of hydrogen-bond donors (Lipinski definition) is 1. The van der Waals surface area contributed by atoms with Gasteiger partial charge < -0.3 is 15.0 Å². The summed E-state index contributed by atoms with van der Waals surface area (Å²) in [5, 5.41) is 3.25. The second kappa shape index (κ2) is 10.1. The highest BCUT2D eigenvalue weighted by atomic mass is 16.6. The number of esters is 1. The fraction of sp³-hybridized carbons (Fsp3) is 0.679. The van der Waals surface area contributed by atoms with Crippen molar-refractivity contribution in [1.29, 1.82) is 0 Å². The predicted molar refractivity (Wildman–Crippen MR) is 133 cm³/mol. The minimum absolute atomic E-state index is 0.00875. The van der Waals surface area contributed by atoms with Gasteiger partial charge in [-0.15, -0.1) is 0 Å². The number of fused-ring (bicyclic) bond motifs is 1. The second-order valence-electron chi connectivity index (χ2n) is 12.2. The van der Waals surface area contributed by atoms with Crippen LogP contribution in [0.3, 0.4) is 0 Å². The van der Waals surface area contributed by atoms with Gasteiger partial charge in [0, 0.05) is 6.54 Å². The van der Waals surface area contributed by atoms with E-state index < -0.39 is 23.0 Å². The molecule has 0 bridgehead atoms. The first-order chi connectivity index (χ1) is 15.8. The molecule has 2 amide bonds. The topological polar surface area (TPSA) is 75.7 Å². The van der Waals surface area contributed by atoms with E-state index in [4.69, 9.17) is 4.74 Å². The number of likely N-dealkylation sites (tertiary alicyclic amines) is 1. The van der Waals surface area contributed by atoms with Crippen LogP contribution in [0, 0.1) is 17.3 Å². The fourth-order valence-corrected chi connectivity index (χ4v) is 5.22. The van der Waals surface area contributed by atoms with Crippen molar-refractivity contribution in [2.45, 2.75) is 98.3 Å². The summed E-state index contributed by atoms with van der Waals surface area (Å²) in [5.41, 5.74) is 1.42. The third kappa shape index (κ3) is 6.39. The molecular formula is C28H42N2O4. The van der Waals surface area contributed by atoms with E-state index >= 15 is 0 Å². The molecule has 6 nitrogen and oxygen atoms in total. The van der Waals surface area contributed by atoms with Crippen molar-refractivity contribution in [1.82, 2.24) is 10.2 Å². The van der Waals surface area contributed by atoms with Crippen LogP contribution < -0.4 is 5.32 Å². The van der Waals surface area contributed by atoms with E-state index in [9.17, 15) is 14.4 Å². The van der Waals surface area contributed by atoms with Crippen LogP contribution in [0.15, 0.2) is 24.3 Å². The number of carbonyl (C=O) groups is 3. The van der Waals surface area contributed by atoms with E-state index in [-0.39, 0.29) is 36.2 Å². The Labute approximate surface area is 204 Å². The van der Waals surface area contributed by atoms with Gasteiger partial charge in [-0.1, -0.05) is 52.0 Å². The Kier molecular flexibility index (Phi) is 7.79. The Morgan fingerprint density at radius 3 is 2.44 bits per heavy atom. The molecule has 1 aromatic carbocycles. The van der Waals surface area contributed by atoms with Gasteiger partial charge in [0.05, 0.1) is 18.4 Å². The number of carbonyl (C=O) groups excluding carboxylic acids is 3. The highest BCUT2D eigenvalue weighted by Gasteiger charge is 2.44. The van der Waals surface area contributed by atoms with Crippen LogP contribution in [0.5, 0.6) is 0 Å². The first kappa shape index (κ1) is 26.2. The summed E-state index contributed by atoms with van der Waals surface area (Å²) in [6.07, 6.45) is 3.62. The van der Waals surface area contributed by atoms with Crippen molar-refractivity contribution < 1.29 is 19.1 Å². The summed E-state index contributed by atoms with van der Waals surface area (Å²) < 4.78 is 5.52. The molecule has 6 heteroatoms. The minimum atomic E-state index is -0.608. The third-order valence-corrected chi connectivity index (χ3v) is 6.92. The largest absolute Gasteiger partial charge is 0.460 e. The predicted octanol–water partition coefficient (Wildman–Crippen LogP) is 4.81. The van der Waals surface area contributed by atoms with Crippen molar-refractivity contribution in [3.05, 3.63) is 35.4 Å². The van der Waals surface area contributed by atoms with E-state index in [2.05, 4.69) is 24.4 Å². The molecule has 0 radical (unpaired) electrons. The van der Waals surface area contributed by atoms with Gasteiger partial charge in [-0.25, -0.2) is 0 Å². The first-order valence-electron chi connectivity index (χ1n) is 12.7. The maximum atomic E-state index is 13.8. The monoisotopic (exact) mass is 470 g/mol. The van der Waals surface area contributed by atoms with Crippen LogP contribution >= 0.6 is 0 Å². The number of aryl methyl sites for hydroxylation is 1. The minimum Gasteiger partial charge on any atom is -0.460 e. The quantitative estimate of drug-likeness (QED) is 0.627. The van der Waals surface area contributed by atoms with E-state index in [0.717, 1.165) is 19.3 Å². The normalized spacial score (nSPS) is 23.7. The Hall–Kier alpha value is -2.37. The average molecular weight is 471 g/mol. The molecule has 1 heterocycles. The second-order valence-corrected chi connectivity index (χ2v) is 12.2. The zero-order chi connectivity index (χ0) is 25.3. The van der Waals surface area contributed by atoms with Crippen LogP contribution in [0.25, 0.3) is 0 Å². The molecule has 0 aromatic heterocycles. The lowest BCUT2D eigenvalue weighted by Gasteiger charge is -2.36. The highest BCUT2D eigenvalue weighted by molar-refractivity contribution is 5.91. The molecule has 3 rings (SSSR count). The molecule has 1 unspecified atom stereocenters. The van der Waals surface area contributed by atoms with Crippen LogP contribution in [0.4, 0.5) is 0 Å². The van der Waals surface area contributed by atoms with Gasteiger partial charge in [-0.05, 0) is 68.9 Å². The molecule has 0 spiro atoms. The molecule has 1 fully saturated rings.